The fraction of sp³-hybridized carbons (Fsp3) is 0.636. The van der Waals surface area contributed by atoms with E-state index in [2.05, 4.69) is 78.9 Å². The van der Waals surface area contributed by atoms with Crippen LogP contribution in [0.25, 0.3) is 0 Å². The molecule has 2 aromatic rings. The monoisotopic (exact) mass is 636 g/mol. The molecule has 0 aliphatic heterocycles. The molecule has 2 N–H and O–H groups in total. The number of aliphatic hydroxyl groups is 2. The van der Waals surface area contributed by atoms with Crippen LogP contribution in [-0.2, 0) is 27.8 Å². The van der Waals surface area contributed by atoms with Gasteiger partial charge in [0.15, 0.2) is 8.32 Å². The number of rotatable bonds is 17. The summed E-state index contributed by atoms with van der Waals surface area (Å²) < 4.78 is 37.5. The van der Waals surface area contributed by atoms with Gasteiger partial charge in [-0.2, -0.15) is 0 Å². The first-order valence-corrected chi connectivity index (χ1v) is 19.9. The number of aliphatic hydroxyl groups excluding tert-OH is 2. The Morgan fingerprint density at radius 1 is 0.674 bits per heavy atom. The Labute approximate surface area is 261 Å². The minimum Gasteiger partial charge on any atom is -0.408 e. The highest BCUT2D eigenvalue weighted by Gasteiger charge is 2.54. The second kappa shape index (κ2) is 16.2. The topological polar surface area (TPSA) is 95.8 Å². The lowest BCUT2D eigenvalue weighted by molar-refractivity contribution is -0.206. The molecule has 0 aromatic heterocycles. The molecule has 0 fully saturated rings. The van der Waals surface area contributed by atoms with Crippen LogP contribution in [-0.4, -0.2) is 91.8 Å². The first-order valence-electron chi connectivity index (χ1n) is 15.0. The second-order valence-electron chi connectivity index (χ2n) is 13.7. The predicted octanol–water partition coefficient (Wildman–Crippen LogP) is 4.67. The molecule has 0 bridgehead atoms. The number of hydrogen-bond acceptors (Lipinski definition) is 8. The van der Waals surface area contributed by atoms with E-state index < -0.39 is 53.8 Å². The lowest BCUT2D eigenvalue weighted by Gasteiger charge is -2.49. The van der Waals surface area contributed by atoms with Crippen molar-refractivity contribution in [1.82, 2.24) is 0 Å². The SMILES string of the molecule is COCO[C@H]([C@@H](O[Si](C)(C)C(C)(C)C)[C@H](OCOC)[C@@H](O)CO)[C@H](C)O[Si](c1ccccc1)(c1ccccc1)C(C)(C)C. The molecule has 0 amide bonds. The maximum absolute atomic E-state index is 11.1. The summed E-state index contributed by atoms with van der Waals surface area (Å²) in [4.78, 5) is 0. The normalized spacial score (nSPS) is 16.9. The van der Waals surface area contributed by atoms with Crippen LogP contribution in [0.5, 0.6) is 0 Å². The Kier molecular flexibility index (Phi) is 14.2. The van der Waals surface area contributed by atoms with Gasteiger partial charge in [0, 0.05) is 14.2 Å². The van der Waals surface area contributed by atoms with Gasteiger partial charge in [0.25, 0.3) is 8.32 Å². The third kappa shape index (κ3) is 9.29. The Balaban J connectivity index is 2.79. The van der Waals surface area contributed by atoms with Crippen molar-refractivity contribution in [3.05, 3.63) is 60.7 Å². The number of benzene rings is 2. The zero-order valence-corrected chi connectivity index (χ0v) is 30.1. The van der Waals surface area contributed by atoms with Crippen LogP contribution in [0.2, 0.25) is 23.2 Å². The van der Waals surface area contributed by atoms with Gasteiger partial charge in [-0.15, -0.1) is 0 Å². The minimum absolute atomic E-state index is 0.0251. The molecule has 0 aliphatic rings. The molecule has 0 unspecified atom stereocenters. The molecule has 0 radical (unpaired) electrons. The molecule has 0 heterocycles. The van der Waals surface area contributed by atoms with Crippen molar-refractivity contribution in [2.45, 2.75) is 102 Å². The van der Waals surface area contributed by atoms with E-state index in [4.69, 9.17) is 27.8 Å². The van der Waals surface area contributed by atoms with E-state index in [9.17, 15) is 10.2 Å². The van der Waals surface area contributed by atoms with Gasteiger partial charge >= 0.3 is 0 Å². The Hall–Kier alpha value is -1.45. The molecule has 43 heavy (non-hydrogen) atoms. The quantitative estimate of drug-likeness (QED) is 0.191. The fourth-order valence-corrected chi connectivity index (χ4v) is 11.2. The molecule has 2 aromatic carbocycles. The predicted molar refractivity (Wildman–Crippen MR) is 177 cm³/mol. The summed E-state index contributed by atoms with van der Waals surface area (Å²) in [5.74, 6) is 0. The molecular weight excluding hydrogens is 581 g/mol. The second-order valence-corrected chi connectivity index (χ2v) is 22.7. The van der Waals surface area contributed by atoms with Gasteiger partial charge in [0.05, 0.1) is 12.7 Å². The van der Waals surface area contributed by atoms with Crippen LogP contribution >= 0.6 is 0 Å². The van der Waals surface area contributed by atoms with Crippen molar-refractivity contribution in [3.8, 4) is 0 Å². The van der Waals surface area contributed by atoms with Crippen molar-refractivity contribution < 1.29 is 38.0 Å². The van der Waals surface area contributed by atoms with Gasteiger partial charge in [-0.3, -0.25) is 0 Å². The highest BCUT2D eigenvalue weighted by Crippen LogP contribution is 2.41. The highest BCUT2D eigenvalue weighted by molar-refractivity contribution is 6.99. The highest BCUT2D eigenvalue weighted by atomic mass is 28.4. The molecule has 8 nitrogen and oxygen atoms in total. The summed E-state index contributed by atoms with van der Waals surface area (Å²) in [6.45, 7) is 18.7. The van der Waals surface area contributed by atoms with E-state index >= 15 is 0 Å². The van der Waals surface area contributed by atoms with Gasteiger partial charge in [-0.1, -0.05) is 102 Å². The van der Waals surface area contributed by atoms with Gasteiger partial charge in [0.1, 0.15) is 38.0 Å². The number of hydrogen-bond donors (Lipinski definition) is 2. The van der Waals surface area contributed by atoms with Crippen LogP contribution in [0.3, 0.4) is 0 Å². The molecule has 5 atom stereocenters. The fourth-order valence-electron chi connectivity index (χ4n) is 5.19. The van der Waals surface area contributed by atoms with Crippen LogP contribution in [0.4, 0.5) is 0 Å². The average Bonchev–Trinajstić information content (AvgIpc) is 2.95. The number of methoxy groups -OCH3 is 2. The Bertz CT molecular complexity index is 1020. The molecule has 244 valence electrons. The first-order chi connectivity index (χ1) is 20.1. The molecule has 0 aliphatic carbocycles. The smallest absolute Gasteiger partial charge is 0.261 e. The standard InChI is InChI=1S/C33H56O8Si2/c1-25(40-43(33(5,6)7,26-18-14-12-15-19-26)27-20-16-13-17-21-27)29(38-23-36-8)31(41-42(10,11)32(2,3)4)30(28(35)22-34)39-24-37-9/h12-21,25,28-31,34-35H,22-24H2,1-11H3/t25-,28-,29-,30+,31+/m0/s1. The van der Waals surface area contributed by atoms with Crippen LogP contribution < -0.4 is 10.4 Å². The average molecular weight is 637 g/mol. The zero-order chi connectivity index (χ0) is 32.5. The van der Waals surface area contributed by atoms with E-state index in [0.29, 0.717) is 0 Å². The third-order valence-electron chi connectivity index (χ3n) is 8.45. The lowest BCUT2D eigenvalue weighted by Crippen LogP contribution is -2.69. The first kappa shape index (κ1) is 37.7. The van der Waals surface area contributed by atoms with E-state index in [0.717, 1.165) is 10.4 Å². The summed E-state index contributed by atoms with van der Waals surface area (Å²) in [6, 6.07) is 20.8. The molecule has 0 spiro atoms. The van der Waals surface area contributed by atoms with E-state index in [-0.39, 0.29) is 23.7 Å². The molecular formula is C33H56O8Si2. The van der Waals surface area contributed by atoms with Crippen LogP contribution in [0.1, 0.15) is 48.5 Å². The van der Waals surface area contributed by atoms with E-state index in [1.807, 2.05) is 43.3 Å². The van der Waals surface area contributed by atoms with Crippen molar-refractivity contribution in [2.75, 3.05) is 34.4 Å². The van der Waals surface area contributed by atoms with E-state index in [1.165, 1.54) is 7.11 Å². The maximum atomic E-state index is 11.1. The molecule has 0 saturated heterocycles. The van der Waals surface area contributed by atoms with Crippen LogP contribution in [0, 0.1) is 0 Å². The van der Waals surface area contributed by atoms with Crippen LogP contribution in [0.15, 0.2) is 60.7 Å². The number of ether oxygens (including phenoxy) is 4. The van der Waals surface area contributed by atoms with Gasteiger partial charge in [-0.25, -0.2) is 0 Å². The van der Waals surface area contributed by atoms with Crippen molar-refractivity contribution >= 4 is 27.0 Å². The Morgan fingerprint density at radius 2 is 1.12 bits per heavy atom. The summed E-state index contributed by atoms with van der Waals surface area (Å²) in [5.41, 5.74) is 0. The Morgan fingerprint density at radius 3 is 1.49 bits per heavy atom. The van der Waals surface area contributed by atoms with E-state index in [1.54, 1.807) is 7.11 Å². The summed E-state index contributed by atoms with van der Waals surface area (Å²) in [7, 11) is -2.39. The van der Waals surface area contributed by atoms with Crippen molar-refractivity contribution in [2.24, 2.45) is 0 Å². The minimum atomic E-state index is -2.99. The zero-order valence-electron chi connectivity index (χ0n) is 28.1. The molecule has 0 saturated carbocycles. The van der Waals surface area contributed by atoms with Gasteiger partial charge in [-0.05, 0) is 40.5 Å². The van der Waals surface area contributed by atoms with Gasteiger partial charge in [0.2, 0.25) is 0 Å². The van der Waals surface area contributed by atoms with Gasteiger partial charge < -0.3 is 38.0 Å². The largest absolute Gasteiger partial charge is 0.408 e. The van der Waals surface area contributed by atoms with Crippen molar-refractivity contribution in [1.29, 1.82) is 0 Å². The van der Waals surface area contributed by atoms with Crippen molar-refractivity contribution in [3.63, 3.8) is 0 Å². The lowest BCUT2D eigenvalue weighted by atomic mass is 10.00. The molecule has 10 heteroatoms. The third-order valence-corrected chi connectivity index (χ3v) is 18.1. The summed E-state index contributed by atoms with van der Waals surface area (Å²) >= 11 is 0. The molecule has 2 rings (SSSR count). The maximum Gasteiger partial charge on any atom is 0.261 e. The summed E-state index contributed by atoms with van der Waals surface area (Å²) in [5, 5.41) is 23.0. The summed E-state index contributed by atoms with van der Waals surface area (Å²) in [6.07, 6.45) is -4.32.